The summed E-state index contributed by atoms with van der Waals surface area (Å²) in [7, 11) is -4.85. The molecule has 1 aromatic rings. The van der Waals surface area contributed by atoms with Crippen LogP contribution in [-0.4, -0.2) is 41.4 Å². The molecule has 0 aliphatic heterocycles. The smallest absolute Gasteiger partial charge is 0.331 e. The van der Waals surface area contributed by atoms with Crippen LogP contribution in [0.4, 0.5) is 0 Å². The van der Waals surface area contributed by atoms with Crippen molar-refractivity contribution in [2.24, 2.45) is 0 Å². The summed E-state index contributed by atoms with van der Waals surface area (Å²) in [4.78, 5) is 12.3. The Labute approximate surface area is 198 Å². The molecule has 3 nitrogen and oxygen atoms in total. The largest absolute Gasteiger partial charge is 0.463 e. The van der Waals surface area contributed by atoms with Crippen molar-refractivity contribution in [2.45, 2.75) is 78.7 Å². The third-order valence-electron chi connectivity index (χ3n) is 5.25. The van der Waals surface area contributed by atoms with Gasteiger partial charge in [-0.2, -0.15) is 0 Å². The minimum absolute atomic E-state index is 0.262. The van der Waals surface area contributed by atoms with Gasteiger partial charge in [0.15, 0.2) is 0 Å². The highest BCUT2D eigenvalue weighted by Gasteiger charge is 2.31. The number of carbonyl (C=O) groups is 1. The Morgan fingerprint density at radius 3 is 2.25 bits per heavy atom. The van der Waals surface area contributed by atoms with E-state index in [4.69, 9.17) is 4.74 Å². The van der Waals surface area contributed by atoms with Gasteiger partial charge in [-0.25, -0.2) is 4.79 Å². The Balaban J connectivity index is 2.85. The lowest BCUT2D eigenvalue weighted by molar-refractivity contribution is -0.137. The first-order valence-electron chi connectivity index (χ1n) is 11.7. The second-order valence-electron chi connectivity index (χ2n) is 11.6. The number of aromatic nitrogens is 1. The van der Waals surface area contributed by atoms with Crippen LogP contribution in [-0.2, 0) is 9.53 Å². The predicted octanol–water partition coefficient (Wildman–Crippen LogP) is 6.21. The summed E-state index contributed by atoms with van der Waals surface area (Å²) in [5.74, 6) is 3.39. The van der Waals surface area contributed by atoms with Crippen LogP contribution in [0.2, 0.25) is 58.9 Å². The molecule has 0 amide bonds. The number of hydrogen-bond donors (Lipinski definition) is 0. The number of esters is 1. The summed E-state index contributed by atoms with van der Waals surface area (Å²) in [6.07, 6.45) is 7.77. The lowest BCUT2D eigenvalue weighted by Crippen LogP contribution is -2.43. The lowest BCUT2D eigenvalue weighted by atomic mass is 10.1. The van der Waals surface area contributed by atoms with Crippen LogP contribution in [0.1, 0.15) is 19.8 Å². The van der Waals surface area contributed by atoms with E-state index in [1.54, 1.807) is 6.08 Å². The molecule has 174 valence electrons. The zero-order valence-corrected chi connectivity index (χ0v) is 24.8. The van der Waals surface area contributed by atoms with Crippen LogP contribution in [0.5, 0.6) is 0 Å². The summed E-state index contributed by atoms with van der Waals surface area (Å²) in [5, 5.41) is 2.82. The molecule has 6 heteroatoms. The molecule has 0 radical (unpaired) electrons. The molecule has 0 saturated heterocycles. The maximum Gasteiger partial charge on any atom is 0.331 e. The molecule has 1 aliphatic carbocycles. The topological polar surface area (TPSA) is 31.2 Å². The number of ether oxygens (including phenoxy) is 1. The van der Waals surface area contributed by atoms with E-state index < -0.39 is 24.2 Å². The minimum Gasteiger partial charge on any atom is -0.463 e. The van der Waals surface area contributed by atoms with E-state index in [0.717, 1.165) is 18.4 Å². The van der Waals surface area contributed by atoms with Gasteiger partial charge in [0.1, 0.15) is 8.07 Å². The van der Waals surface area contributed by atoms with E-state index >= 15 is 0 Å². The Kier molecular flexibility index (Phi) is 8.25. The molecule has 0 spiro atoms. The fourth-order valence-electron chi connectivity index (χ4n) is 3.94. The van der Waals surface area contributed by atoms with Crippen LogP contribution in [0.3, 0.4) is 0 Å². The first-order chi connectivity index (χ1) is 14.6. The van der Waals surface area contributed by atoms with Gasteiger partial charge in [0.25, 0.3) is 0 Å². The molecule has 1 heterocycles. The van der Waals surface area contributed by atoms with E-state index in [-0.39, 0.29) is 5.97 Å². The van der Waals surface area contributed by atoms with Crippen LogP contribution >= 0.6 is 0 Å². The van der Waals surface area contributed by atoms with Crippen molar-refractivity contribution in [1.29, 1.82) is 0 Å². The number of hydrogen-bond acceptors (Lipinski definition) is 2. The molecule has 0 atom stereocenters. The van der Waals surface area contributed by atoms with Crippen LogP contribution < -0.4 is 5.32 Å². The van der Waals surface area contributed by atoms with E-state index in [1.807, 2.05) is 6.92 Å². The standard InChI is InChI=1S/C26H41NO2Si3/c1-11-29-25(28)20-21-14-15-22(16-18-30(2,3)4)26(32(8,9)10)23(19-21)27-17-12-13-24(27)31(5,6)7/h12-13,17,19-20H,11,14-15H2,1-10H3/b21-20+. The number of allylic oxidation sites excluding steroid dienone is 5. The van der Waals surface area contributed by atoms with Gasteiger partial charge in [-0.1, -0.05) is 64.8 Å². The number of carbonyl (C=O) groups excluding carboxylic acids is 1. The van der Waals surface area contributed by atoms with Gasteiger partial charge in [0, 0.05) is 28.9 Å². The second kappa shape index (κ2) is 9.98. The van der Waals surface area contributed by atoms with Gasteiger partial charge < -0.3 is 9.30 Å². The number of nitrogens with zero attached hydrogens (tertiary/aromatic N) is 1. The first kappa shape index (κ1) is 26.4. The van der Waals surface area contributed by atoms with Crippen molar-refractivity contribution in [3.8, 4) is 11.5 Å². The summed E-state index contributed by atoms with van der Waals surface area (Å²) < 4.78 is 7.62. The lowest BCUT2D eigenvalue weighted by Gasteiger charge is -2.29. The van der Waals surface area contributed by atoms with Gasteiger partial charge in [-0.3, -0.25) is 0 Å². The molecule has 0 aromatic carbocycles. The molecular formula is C26H41NO2Si3. The van der Waals surface area contributed by atoms with E-state index in [2.05, 4.69) is 99.4 Å². The Morgan fingerprint density at radius 1 is 1.06 bits per heavy atom. The van der Waals surface area contributed by atoms with Crippen LogP contribution in [0.25, 0.3) is 5.70 Å². The summed E-state index contributed by atoms with van der Waals surface area (Å²) in [6.45, 7) is 23.5. The van der Waals surface area contributed by atoms with E-state index in [1.165, 1.54) is 21.8 Å². The summed E-state index contributed by atoms with van der Waals surface area (Å²) >= 11 is 0. The maximum absolute atomic E-state index is 12.3. The van der Waals surface area contributed by atoms with E-state index in [9.17, 15) is 4.79 Å². The van der Waals surface area contributed by atoms with Gasteiger partial charge in [0.2, 0.25) is 0 Å². The van der Waals surface area contributed by atoms with Gasteiger partial charge >= 0.3 is 5.97 Å². The van der Waals surface area contributed by atoms with E-state index in [0.29, 0.717) is 6.61 Å². The average molecular weight is 484 g/mol. The molecule has 0 bridgehead atoms. The van der Waals surface area contributed by atoms with Gasteiger partial charge in [-0.05, 0) is 48.7 Å². The molecule has 0 unspecified atom stereocenters. The van der Waals surface area contributed by atoms with Crippen molar-refractivity contribution >= 4 is 41.2 Å². The summed E-state index contributed by atoms with van der Waals surface area (Å²) in [6, 6.07) is 4.42. The third-order valence-corrected chi connectivity index (χ3v) is 10.1. The second-order valence-corrected chi connectivity index (χ2v) is 26.4. The molecule has 0 N–H and O–H groups in total. The fourth-order valence-corrected chi connectivity index (χ4v) is 8.03. The van der Waals surface area contributed by atoms with Crippen molar-refractivity contribution in [3.63, 3.8) is 0 Å². The summed E-state index contributed by atoms with van der Waals surface area (Å²) in [5.41, 5.74) is 7.12. The highest BCUT2D eigenvalue weighted by molar-refractivity contribution is 6.89. The van der Waals surface area contributed by atoms with Crippen molar-refractivity contribution in [3.05, 3.63) is 46.8 Å². The zero-order chi connectivity index (χ0) is 24.3. The SMILES string of the molecule is CCOC(=O)/C=C1/C=C(n2cccc2[Si](C)(C)C)C([Si](C)(C)C)=C(C#C[Si](C)(C)C)CC1. The normalized spacial score (nSPS) is 16.9. The Bertz CT molecular complexity index is 1010. The molecular weight excluding hydrogens is 443 g/mol. The molecule has 1 aromatic heterocycles. The van der Waals surface area contributed by atoms with Crippen molar-refractivity contribution in [2.75, 3.05) is 6.61 Å². The predicted molar refractivity (Wildman–Crippen MR) is 147 cm³/mol. The van der Waals surface area contributed by atoms with Gasteiger partial charge in [0.05, 0.1) is 22.8 Å². The Hall–Kier alpha value is -1.82. The molecule has 0 saturated carbocycles. The highest BCUT2D eigenvalue weighted by atomic mass is 28.3. The fraction of sp³-hybridized carbons (Fsp3) is 0.500. The first-order valence-corrected chi connectivity index (χ1v) is 22.2. The monoisotopic (exact) mass is 483 g/mol. The molecule has 1 aliphatic rings. The van der Waals surface area contributed by atoms with Crippen LogP contribution in [0.15, 0.2) is 46.8 Å². The Morgan fingerprint density at radius 2 is 1.72 bits per heavy atom. The minimum atomic E-state index is -1.76. The molecule has 0 fully saturated rings. The highest BCUT2D eigenvalue weighted by Crippen LogP contribution is 2.36. The van der Waals surface area contributed by atoms with Crippen molar-refractivity contribution in [1.82, 2.24) is 4.57 Å². The third kappa shape index (κ3) is 7.09. The number of rotatable bonds is 5. The quantitative estimate of drug-likeness (QED) is 0.216. The van der Waals surface area contributed by atoms with Crippen molar-refractivity contribution < 1.29 is 9.53 Å². The molecule has 2 rings (SSSR count). The van der Waals surface area contributed by atoms with Gasteiger partial charge in [-0.15, -0.1) is 5.54 Å². The average Bonchev–Trinajstić information content (AvgIpc) is 3.03. The molecule has 32 heavy (non-hydrogen) atoms. The maximum atomic E-state index is 12.3. The van der Waals surface area contributed by atoms with Crippen LogP contribution in [0, 0.1) is 11.5 Å². The zero-order valence-electron chi connectivity index (χ0n) is 21.8.